The Kier molecular flexibility index (Phi) is 4.29. The van der Waals surface area contributed by atoms with Crippen molar-refractivity contribution < 1.29 is 28.6 Å². The number of benzene rings is 1. The Morgan fingerprint density at radius 1 is 1.29 bits per heavy atom. The van der Waals surface area contributed by atoms with Gasteiger partial charge in [0.15, 0.2) is 11.6 Å². The Morgan fingerprint density at radius 2 is 1.96 bits per heavy atom. The number of hydrogen-bond donors (Lipinski definition) is 2. The minimum atomic E-state index is -1.37. The molecular formula is C19H22FN3O5. The minimum absolute atomic E-state index is 0.0507. The first kappa shape index (κ1) is 18.7. The third kappa shape index (κ3) is 2.64. The molecule has 3 atom stereocenters. The molecule has 0 spiro atoms. The molecule has 1 saturated heterocycles. The van der Waals surface area contributed by atoms with Crippen LogP contribution in [0.25, 0.3) is 0 Å². The van der Waals surface area contributed by atoms with Crippen LogP contribution in [0.15, 0.2) is 6.07 Å². The first-order valence-corrected chi connectivity index (χ1v) is 9.28. The second-order valence-corrected chi connectivity index (χ2v) is 7.81. The summed E-state index contributed by atoms with van der Waals surface area (Å²) in [5, 5.41) is 9.85. The van der Waals surface area contributed by atoms with Gasteiger partial charge >= 0.3 is 6.09 Å². The molecule has 0 bridgehead atoms. The number of rotatable bonds is 3. The van der Waals surface area contributed by atoms with Crippen molar-refractivity contribution in [3.05, 3.63) is 17.4 Å². The Balaban J connectivity index is 1.94. The number of methoxy groups -OCH3 is 1. The molecular weight excluding hydrogens is 369 g/mol. The van der Waals surface area contributed by atoms with Gasteiger partial charge in [-0.25, -0.2) is 9.18 Å². The highest BCUT2D eigenvalue weighted by molar-refractivity contribution is 6.49. The lowest BCUT2D eigenvalue weighted by Crippen LogP contribution is -2.53. The van der Waals surface area contributed by atoms with Gasteiger partial charge in [0.25, 0.3) is 0 Å². The predicted octanol–water partition coefficient (Wildman–Crippen LogP) is 1.65. The SMILES string of the molecule is COc1c(N2C[C@@H](C)[C@H](N)C2)c(F)cc2c1N(C(=O)O)C(C1CC1)C(=O)C2=O. The van der Waals surface area contributed by atoms with Gasteiger partial charge in [-0.1, -0.05) is 6.92 Å². The van der Waals surface area contributed by atoms with Crippen molar-refractivity contribution in [2.75, 3.05) is 30.0 Å². The fourth-order valence-electron chi connectivity index (χ4n) is 4.26. The maximum atomic E-state index is 15.0. The van der Waals surface area contributed by atoms with E-state index in [9.17, 15) is 19.5 Å². The maximum Gasteiger partial charge on any atom is 0.412 e. The summed E-state index contributed by atoms with van der Waals surface area (Å²) in [5.74, 6) is -2.58. The second-order valence-electron chi connectivity index (χ2n) is 7.81. The molecule has 0 aromatic heterocycles. The highest BCUT2D eigenvalue weighted by Gasteiger charge is 2.51. The van der Waals surface area contributed by atoms with Gasteiger partial charge in [0.2, 0.25) is 11.6 Å². The van der Waals surface area contributed by atoms with E-state index < -0.39 is 29.5 Å². The molecule has 1 aromatic carbocycles. The highest BCUT2D eigenvalue weighted by atomic mass is 19.1. The minimum Gasteiger partial charge on any atom is -0.492 e. The number of Topliss-reactive ketones (excluding diaryl/α,β-unsaturated/α-hetero) is 2. The average Bonchev–Trinajstić information content (AvgIpc) is 3.42. The van der Waals surface area contributed by atoms with Gasteiger partial charge in [-0.3, -0.25) is 14.5 Å². The van der Waals surface area contributed by atoms with Crippen LogP contribution in [0.1, 0.15) is 30.1 Å². The highest BCUT2D eigenvalue weighted by Crippen LogP contribution is 2.49. The van der Waals surface area contributed by atoms with Crippen molar-refractivity contribution in [3.8, 4) is 5.75 Å². The number of anilines is 2. The van der Waals surface area contributed by atoms with Crippen LogP contribution in [-0.2, 0) is 4.79 Å². The second kappa shape index (κ2) is 6.44. The lowest BCUT2D eigenvalue weighted by atomic mass is 9.89. The molecule has 4 rings (SSSR count). The van der Waals surface area contributed by atoms with Crippen LogP contribution in [0.3, 0.4) is 0 Å². The smallest absolute Gasteiger partial charge is 0.412 e. The monoisotopic (exact) mass is 391 g/mol. The number of amides is 1. The van der Waals surface area contributed by atoms with Crippen LogP contribution in [0, 0.1) is 17.7 Å². The summed E-state index contributed by atoms with van der Waals surface area (Å²) < 4.78 is 20.5. The number of nitrogens with two attached hydrogens (primary N) is 1. The molecule has 1 unspecified atom stereocenters. The van der Waals surface area contributed by atoms with Gasteiger partial charge in [-0.15, -0.1) is 0 Å². The normalized spacial score (nSPS) is 27.2. The molecule has 150 valence electrons. The van der Waals surface area contributed by atoms with E-state index in [1.807, 2.05) is 6.92 Å². The van der Waals surface area contributed by atoms with E-state index in [0.29, 0.717) is 25.9 Å². The van der Waals surface area contributed by atoms with Gasteiger partial charge in [-0.2, -0.15) is 0 Å². The standard InChI is InChI=1S/C19H22FN3O5/c1-8-6-22(7-12(8)21)15-11(20)5-10-14(18(15)28-2)23(19(26)27)13(9-3-4-9)17(25)16(10)24/h5,8-9,12-13H,3-4,6-7,21H2,1-2H3,(H,26,27)/t8-,12-,13?/m1/s1. The van der Waals surface area contributed by atoms with Gasteiger partial charge in [0, 0.05) is 19.1 Å². The number of ether oxygens (including phenoxy) is 1. The summed E-state index contributed by atoms with van der Waals surface area (Å²) >= 11 is 0. The van der Waals surface area contributed by atoms with E-state index in [4.69, 9.17) is 10.5 Å². The first-order valence-electron chi connectivity index (χ1n) is 9.28. The van der Waals surface area contributed by atoms with Crippen LogP contribution in [0.2, 0.25) is 0 Å². The van der Waals surface area contributed by atoms with Crippen LogP contribution in [0.5, 0.6) is 5.75 Å². The first-order chi connectivity index (χ1) is 13.3. The molecule has 2 aliphatic heterocycles. The van der Waals surface area contributed by atoms with E-state index >= 15 is 4.39 Å². The number of carbonyl (C=O) groups excluding carboxylic acids is 2. The molecule has 2 fully saturated rings. The molecule has 0 radical (unpaired) electrons. The third-order valence-corrected chi connectivity index (χ3v) is 5.90. The number of carbonyl (C=O) groups is 3. The molecule has 3 aliphatic rings. The van der Waals surface area contributed by atoms with Crippen LogP contribution < -0.4 is 20.3 Å². The van der Waals surface area contributed by atoms with Crippen molar-refractivity contribution >= 4 is 29.0 Å². The lowest BCUT2D eigenvalue weighted by molar-refractivity contribution is -0.116. The zero-order chi connectivity index (χ0) is 20.3. The summed E-state index contributed by atoms with van der Waals surface area (Å²) in [7, 11) is 1.30. The quantitative estimate of drug-likeness (QED) is 0.753. The molecule has 8 nitrogen and oxygen atoms in total. The number of nitrogens with zero attached hydrogens (tertiary/aromatic N) is 2. The number of carboxylic acid groups (broad SMARTS) is 1. The number of fused-ring (bicyclic) bond motifs is 1. The van der Waals surface area contributed by atoms with Crippen molar-refractivity contribution in [1.82, 2.24) is 0 Å². The van der Waals surface area contributed by atoms with Crippen LogP contribution in [0.4, 0.5) is 20.6 Å². The number of hydrogen-bond acceptors (Lipinski definition) is 6. The Hall–Kier alpha value is -2.68. The van der Waals surface area contributed by atoms with Crippen molar-refractivity contribution in [2.45, 2.75) is 31.8 Å². The van der Waals surface area contributed by atoms with E-state index in [1.165, 1.54) is 7.11 Å². The fourth-order valence-corrected chi connectivity index (χ4v) is 4.26. The van der Waals surface area contributed by atoms with E-state index in [-0.39, 0.29) is 40.6 Å². The molecule has 2 heterocycles. The number of ketones is 2. The van der Waals surface area contributed by atoms with Crippen molar-refractivity contribution in [3.63, 3.8) is 0 Å². The van der Waals surface area contributed by atoms with E-state index in [1.54, 1.807) is 4.90 Å². The molecule has 1 amide bonds. The van der Waals surface area contributed by atoms with Gasteiger partial charge in [-0.05, 0) is 30.7 Å². The summed E-state index contributed by atoms with van der Waals surface area (Å²) in [4.78, 5) is 39.9. The average molecular weight is 391 g/mol. The molecule has 9 heteroatoms. The Bertz CT molecular complexity index is 875. The van der Waals surface area contributed by atoms with Crippen LogP contribution in [-0.4, -0.2) is 55.0 Å². The van der Waals surface area contributed by atoms with Gasteiger partial charge in [0.1, 0.15) is 17.4 Å². The fraction of sp³-hybridized carbons (Fsp3) is 0.526. The van der Waals surface area contributed by atoms with Crippen LogP contribution >= 0.6 is 0 Å². The van der Waals surface area contributed by atoms with Gasteiger partial charge < -0.3 is 20.5 Å². The van der Waals surface area contributed by atoms with Gasteiger partial charge in [0.05, 0.1) is 12.7 Å². The lowest BCUT2D eigenvalue weighted by Gasteiger charge is -2.36. The zero-order valence-electron chi connectivity index (χ0n) is 15.6. The molecule has 3 N–H and O–H groups in total. The topological polar surface area (TPSA) is 113 Å². The summed E-state index contributed by atoms with van der Waals surface area (Å²) in [6, 6.07) is -0.316. The predicted molar refractivity (Wildman–Crippen MR) is 98.7 cm³/mol. The maximum absolute atomic E-state index is 15.0. The number of halogens is 1. The van der Waals surface area contributed by atoms with Crippen molar-refractivity contribution in [1.29, 1.82) is 0 Å². The molecule has 1 saturated carbocycles. The van der Waals surface area contributed by atoms with Crippen molar-refractivity contribution in [2.24, 2.45) is 17.6 Å². The summed E-state index contributed by atoms with van der Waals surface area (Å²) in [6.45, 7) is 2.79. The van der Waals surface area contributed by atoms with E-state index in [2.05, 4.69) is 0 Å². The molecule has 1 aliphatic carbocycles. The largest absolute Gasteiger partial charge is 0.492 e. The van der Waals surface area contributed by atoms with E-state index in [0.717, 1.165) is 11.0 Å². The Labute approximate surface area is 161 Å². The summed E-state index contributed by atoms with van der Waals surface area (Å²) in [6.07, 6.45) is -0.0451. The Morgan fingerprint density at radius 3 is 2.46 bits per heavy atom. The zero-order valence-corrected chi connectivity index (χ0v) is 15.6. The third-order valence-electron chi connectivity index (χ3n) is 5.90. The molecule has 28 heavy (non-hydrogen) atoms. The molecule has 1 aromatic rings. The summed E-state index contributed by atoms with van der Waals surface area (Å²) in [5.41, 5.74) is 5.80.